The number of nitrogens with one attached hydrogen (secondary N) is 2. The van der Waals surface area contributed by atoms with Crippen LogP contribution in [-0.4, -0.2) is 21.4 Å². The van der Waals surface area contributed by atoms with Crippen LogP contribution in [0.15, 0.2) is 29.4 Å². The van der Waals surface area contributed by atoms with Gasteiger partial charge in [0.25, 0.3) is 0 Å². The first-order valence-electron chi connectivity index (χ1n) is 4.37. The predicted octanol–water partition coefficient (Wildman–Crippen LogP) is 2.77. The van der Waals surface area contributed by atoms with Crippen molar-refractivity contribution in [2.75, 3.05) is 6.26 Å². The Bertz CT molecular complexity index is 593. The number of hydrogen-bond acceptors (Lipinski definition) is 2. The number of aromatic amines is 2. The van der Waals surface area contributed by atoms with E-state index in [2.05, 4.69) is 39.6 Å². The van der Waals surface area contributed by atoms with Crippen LogP contribution in [-0.2, 0) is 0 Å². The third kappa shape index (κ3) is 0.974. The van der Waals surface area contributed by atoms with Crippen molar-refractivity contribution in [2.45, 2.75) is 5.03 Å². The molecule has 3 aromatic rings. The fourth-order valence-electron chi connectivity index (χ4n) is 1.69. The molecule has 0 unspecified atom stereocenters. The van der Waals surface area contributed by atoms with Gasteiger partial charge in [0.1, 0.15) is 0 Å². The predicted molar refractivity (Wildman–Crippen MR) is 59.7 cm³/mol. The van der Waals surface area contributed by atoms with Crippen molar-refractivity contribution in [3.8, 4) is 0 Å². The Morgan fingerprint density at radius 3 is 2.93 bits per heavy atom. The average molecular weight is 203 g/mol. The van der Waals surface area contributed by atoms with Crippen LogP contribution in [0.3, 0.4) is 0 Å². The minimum Gasteiger partial charge on any atom is -0.348 e. The minimum atomic E-state index is 1.09. The minimum absolute atomic E-state index is 1.09. The summed E-state index contributed by atoms with van der Waals surface area (Å²) >= 11 is 1.72. The highest BCUT2D eigenvalue weighted by Gasteiger charge is 2.04. The van der Waals surface area contributed by atoms with Gasteiger partial charge in [0, 0.05) is 10.8 Å². The van der Waals surface area contributed by atoms with Crippen LogP contribution >= 0.6 is 11.8 Å². The molecule has 0 saturated carbocycles. The molecule has 0 amide bonds. The Morgan fingerprint density at radius 1 is 1.21 bits per heavy atom. The highest BCUT2D eigenvalue weighted by molar-refractivity contribution is 7.98. The summed E-state index contributed by atoms with van der Waals surface area (Å²) in [6.45, 7) is 0. The molecule has 0 fully saturated rings. The largest absolute Gasteiger partial charge is 0.348 e. The number of benzene rings is 1. The number of rotatable bonds is 1. The quantitative estimate of drug-likeness (QED) is 0.597. The molecule has 1 aromatic carbocycles. The Hall–Kier alpha value is -1.42. The van der Waals surface area contributed by atoms with Gasteiger partial charge in [0.15, 0.2) is 0 Å². The molecule has 4 heteroatoms. The fourth-order valence-corrected chi connectivity index (χ4v) is 2.14. The number of aromatic nitrogens is 3. The van der Waals surface area contributed by atoms with Crippen molar-refractivity contribution in [3.63, 3.8) is 0 Å². The first kappa shape index (κ1) is 7.94. The smallest absolute Gasteiger partial charge is 0.0891 e. The van der Waals surface area contributed by atoms with E-state index in [1.54, 1.807) is 11.8 Å². The van der Waals surface area contributed by atoms with E-state index in [4.69, 9.17) is 0 Å². The fraction of sp³-hybridized carbons (Fsp3) is 0.100. The molecule has 0 saturated heterocycles. The standard InChI is InChI=1S/C10H9N3S/c1-14-8-4-6-2-3-7-5-11-13-10(7)9(6)12-8/h2-5,12H,1H3,(H,11,13). The Kier molecular flexibility index (Phi) is 1.58. The van der Waals surface area contributed by atoms with Gasteiger partial charge in [-0.05, 0) is 12.3 Å². The monoisotopic (exact) mass is 203 g/mol. The van der Waals surface area contributed by atoms with Crippen LogP contribution < -0.4 is 0 Å². The molecule has 3 rings (SSSR count). The summed E-state index contributed by atoms with van der Waals surface area (Å²) in [4.78, 5) is 3.37. The van der Waals surface area contributed by atoms with Gasteiger partial charge in [0.2, 0.25) is 0 Å². The van der Waals surface area contributed by atoms with Crippen LogP contribution in [0.1, 0.15) is 0 Å². The molecule has 70 valence electrons. The number of thioether (sulfide) groups is 1. The van der Waals surface area contributed by atoms with Gasteiger partial charge >= 0.3 is 0 Å². The summed E-state index contributed by atoms with van der Waals surface area (Å²) in [5, 5.41) is 10.6. The lowest BCUT2D eigenvalue weighted by Crippen LogP contribution is -1.73. The summed E-state index contributed by atoms with van der Waals surface area (Å²) < 4.78 is 0. The van der Waals surface area contributed by atoms with Gasteiger partial charge in [-0.2, -0.15) is 5.10 Å². The van der Waals surface area contributed by atoms with Gasteiger partial charge < -0.3 is 4.98 Å². The van der Waals surface area contributed by atoms with Gasteiger partial charge in [-0.25, -0.2) is 0 Å². The van der Waals surface area contributed by atoms with E-state index in [0.717, 1.165) is 16.4 Å². The van der Waals surface area contributed by atoms with Gasteiger partial charge in [-0.1, -0.05) is 12.1 Å². The molecular weight excluding hydrogens is 194 g/mol. The molecule has 0 aliphatic heterocycles. The van der Waals surface area contributed by atoms with Crippen molar-refractivity contribution in [1.82, 2.24) is 15.2 Å². The third-order valence-electron chi connectivity index (χ3n) is 2.40. The number of nitrogens with zero attached hydrogens (tertiary/aromatic N) is 1. The van der Waals surface area contributed by atoms with E-state index < -0.39 is 0 Å². The Balaban J connectivity index is 2.49. The molecule has 0 bridgehead atoms. The maximum atomic E-state index is 4.03. The van der Waals surface area contributed by atoms with Crippen molar-refractivity contribution in [2.24, 2.45) is 0 Å². The van der Waals surface area contributed by atoms with E-state index in [0.29, 0.717) is 0 Å². The zero-order valence-electron chi connectivity index (χ0n) is 7.66. The first-order chi connectivity index (χ1) is 6.88. The maximum absolute atomic E-state index is 4.03. The van der Waals surface area contributed by atoms with Crippen LogP contribution in [0.25, 0.3) is 21.8 Å². The summed E-state index contributed by atoms with van der Waals surface area (Å²) in [6.07, 6.45) is 3.91. The third-order valence-corrected chi connectivity index (χ3v) is 3.06. The van der Waals surface area contributed by atoms with Gasteiger partial charge in [-0.15, -0.1) is 11.8 Å². The van der Waals surface area contributed by atoms with Crippen molar-refractivity contribution in [3.05, 3.63) is 24.4 Å². The first-order valence-corrected chi connectivity index (χ1v) is 5.60. The van der Waals surface area contributed by atoms with Crippen LogP contribution in [0.4, 0.5) is 0 Å². The second-order valence-electron chi connectivity index (χ2n) is 3.20. The van der Waals surface area contributed by atoms with Crippen LogP contribution in [0, 0.1) is 0 Å². The lowest BCUT2D eigenvalue weighted by Gasteiger charge is -1.90. The zero-order chi connectivity index (χ0) is 9.54. The molecule has 2 N–H and O–H groups in total. The average Bonchev–Trinajstić information content (AvgIpc) is 2.82. The molecule has 0 spiro atoms. The molecule has 2 aromatic heterocycles. The highest BCUT2D eigenvalue weighted by Crippen LogP contribution is 2.26. The summed E-state index contributed by atoms with van der Waals surface area (Å²) in [6, 6.07) is 6.35. The van der Waals surface area contributed by atoms with Gasteiger partial charge in [0.05, 0.1) is 22.3 Å². The van der Waals surface area contributed by atoms with E-state index in [1.165, 1.54) is 10.4 Å². The van der Waals surface area contributed by atoms with E-state index in [9.17, 15) is 0 Å². The lowest BCUT2D eigenvalue weighted by molar-refractivity contribution is 1.12. The molecule has 0 aliphatic rings. The molecule has 0 atom stereocenters. The number of hydrogen-bond donors (Lipinski definition) is 2. The van der Waals surface area contributed by atoms with Crippen LogP contribution in [0.5, 0.6) is 0 Å². The number of H-pyrrole nitrogens is 2. The second kappa shape index (κ2) is 2.78. The van der Waals surface area contributed by atoms with Crippen molar-refractivity contribution in [1.29, 1.82) is 0 Å². The zero-order valence-corrected chi connectivity index (χ0v) is 8.48. The summed E-state index contributed by atoms with van der Waals surface area (Å²) in [7, 11) is 0. The molecule has 2 heterocycles. The summed E-state index contributed by atoms with van der Waals surface area (Å²) in [5.74, 6) is 0. The van der Waals surface area contributed by atoms with E-state index in [-0.39, 0.29) is 0 Å². The van der Waals surface area contributed by atoms with Gasteiger partial charge in [-0.3, -0.25) is 5.10 Å². The topological polar surface area (TPSA) is 44.5 Å². The second-order valence-corrected chi connectivity index (χ2v) is 4.05. The molecule has 3 nitrogen and oxygen atoms in total. The molecule has 14 heavy (non-hydrogen) atoms. The molecule has 0 aliphatic carbocycles. The highest BCUT2D eigenvalue weighted by atomic mass is 32.2. The molecule has 0 radical (unpaired) electrons. The number of fused-ring (bicyclic) bond motifs is 3. The summed E-state index contributed by atoms with van der Waals surface area (Å²) in [5.41, 5.74) is 2.23. The lowest BCUT2D eigenvalue weighted by atomic mass is 10.2. The maximum Gasteiger partial charge on any atom is 0.0891 e. The Labute approximate surface area is 84.9 Å². The normalized spacial score (nSPS) is 11.5. The Morgan fingerprint density at radius 2 is 2.07 bits per heavy atom. The van der Waals surface area contributed by atoms with Crippen molar-refractivity contribution >= 4 is 33.6 Å². The van der Waals surface area contributed by atoms with E-state index >= 15 is 0 Å². The van der Waals surface area contributed by atoms with Crippen molar-refractivity contribution < 1.29 is 0 Å². The SMILES string of the molecule is CSc1cc2ccc3cn[nH]c3c2[nH]1. The molecular formula is C10H9N3S. The van der Waals surface area contributed by atoms with E-state index in [1.807, 2.05) is 6.20 Å². The van der Waals surface area contributed by atoms with Crippen LogP contribution in [0.2, 0.25) is 0 Å².